The number of thiophene rings is 1. The highest BCUT2D eigenvalue weighted by Gasteiger charge is 2.05. The number of hydrogen-bond acceptors (Lipinski definition) is 3. The second-order valence-electron chi connectivity index (χ2n) is 5.63. The number of hydrogen-bond donors (Lipinski definition) is 2. The number of aromatic nitrogens is 2. The Morgan fingerprint density at radius 2 is 2.13 bits per heavy atom. The van der Waals surface area contributed by atoms with Gasteiger partial charge in [0, 0.05) is 41.8 Å². The third-order valence-electron chi connectivity index (χ3n) is 3.48. The van der Waals surface area contributed by atoms with Gasteiger partial charge >= 0.3 is 0 Å². The minimum atomic E-state index is 0.479. The second kappa shape index (κ2) is 9.35. The highest BCUT2D eigenvalue weighted by Crippen LogP contribution is 2.17. The van der Waals surface area contributed by atoms with Gasteiger partial charge in [-0.2, -0.15) is 5.10 Å². The van der Waals surface area contributed by atoms with Gasteiger partial charge in [-0.3, -0.25) is 4.68 Å². The molecule has 2 aromatic rings. The smallest absolute Gasteiger partial charge is 0.191 e. The monoisotopic (exact) mass is 333 g/mol. The van der Waals surface area contributed by atoms with Gasteiger partial charge in [0.1, 0.15) is 0 Å². The molecule has 0 aliphatic carbocycles. The molecule has 0 fully saturated rings. The zero-order chi connectivity index (χ0) is 16.5. The summed E-state index contributed by atoms with van der Waals surface area (Å²) in [7, 11) is 0. The summed E-state index contributed by atoms with van der Waals surface area (Å²) in [5.74, 6) is 1.36. The van der Waals surface area contributed by atoms with E-state index in [4.69, 9.17) is 0 Å². The lowest BCUT2D eigenvalue weighted by atomic mass is 10.2. The minimum Gasteiger partial charge on any atom is -0.357 e. The fourth-order valence-electron chi connectivity index (χ4n) is 2.26. The lowest BCUT2D eigenvalue weighted by Gasteiger charge is -2.16. The molecule has 2 N–H and O–H groups in total. The van der Waals surface area contributed by atoms with Gasteiger partial charge in [-0.1, -0.05) is 13.8 Å². The van der Waals surface area contributed by atoms with Crippen molar-refractivity contribution >= 4 is 17.3 Å². The molecule has 0 saturated heterocycles. The van der Waals surface area contributed by atoms with Crippen LogP contribution in [0.1, 0.15) is 30.5 Å². The predicted octanol–water partition coefficient (Wildman–Crippen LogP) is 2.90. The van der Waals surface area contributed by atoms with Crippen LogP contribution in [0.2, 0.25) is 0 Å². The zero-order valence-electron chi connectivity index (χ0n) is 14.2. The molecular formula is C17H27N5S. The summed E-state index contributed by atoms with van der Waals surface area (Å²) in [6.45, 7) is 9.86. The summed E-state index contributed by atoms with van der Waals surface area (Å²) in [4.78, 5) is 7.41. The van der Waals surface area contributed by atoms with Crippen LogP contribution in [0.15, 0.2) is 35.6 Å². The van der Waals surface area contributed by atoms with Crippen LogP contribution in [0, 0.1) is 5.92 Å². The summed E-state index contributed by atoms with van der Waals surface area (Å²) >= 11 is 1.85. The number of rotatable bonds is 8. The standard InChI is InChI=1S/C17H27N5S/c1-4-15-7-8-16(23-15)12-20-17(18-5-2)19-11-14(3)13-22-10-6-9-21-22/h6-10,14H,4-5,11-13H2,1-3H3,(H2,18,19,20). The maximum atomic E-state index is 4.68. The summed E-state index contributed by atoms with van der Waals surface area (Å²) < 4.78 is 1.97. The molecule has 0 aliphatic rings. The maximum absolute atomic E-state index is 4.68. The first-order valence-corrected chi connectivity index (χ1v) is 9.10. The molecule has 2 aromatic heterocycles. The summed E-state index contributed by atoms with van der Waals surface area (Å²) in [5, 5.41) is 11.0. The molecule has 23 heavy (non-hydrogen) atoms. The molecule has 5 nitrogen and oxygen atoms in total. The van der Waals surface area contributed by atoms with E-state index in [2.05, 4.69) is 53.6 Å². The van der Waals surface area contributed by atoms with Crippen LogP contribution < -0.4 is 10.6 Å². The van der Waals surface area contributed by atoms with Crippen molar-refractivity contribution in [3.63, 3.8) is 0 Å². The topological polar surface area (TPSA) is 54.2 Å². The number of aryl methyl sites for hydroxylation is 1. The van der Waals surface area contributed by atoms with E-state index in [0.717, 1.165) is 38.6 Å². The van der Waals surface area contributed by atoms with Gasteiger partial charge in [0.2, 0.25) is 0 Å². The molecular weight excluding hydrogens is 306 g/mol. The Morgan fingerprint density at radius 1 is 1.30 bits per heavy atom. The Labute approximate surface area is 142 Å². The van der Waals surface area contributed by atoms with Crippen molar-refractivity contribution in [2.24, 2.45) is 10.9 Å². The quantitative estimate of drug-likeness (QED) is 0.577. The molecule has 0 bridgehead atoms. The highest BCUT2D eigenvalue weighted by atomic mass is 32.1. The van der Waals surface area contributed by atoms with Crippen molar-refractivity contribution in [3.05, 3.63) is 40.3 Å². The Balaban J connectivity index is 1.83. The van der Waals surface area contributed by atoms with E-state index in [0.29, 0.717) is 5.92 Å². The van der Waals surface area contributed by atoms with Crippen LogP contribution in [-0.2, 0) is 19.5 Å². The van der Waals surface area contributed by atoms with Crippen LogP contribution in [0.3, 0.4) is 0 Å². The third kappa shape index (κ3) is 6.06. The summed E-state index contributed by atoms with van der Waals surface area (Å²) in [6.07, 6.45) is 4.91. The van der Waals surface area contributed by atoms with E-state index in [1.54, 1.807) is 0 Å². The number of guanidine groups is 1. The van der Waals surface area contributed by atoms with Gasteiger partial charge in [-0.15, -0.1) is 11.3 Å². The number of aliphatic imine (C=N–C) groups is 1. The molecule has 0 saturated carbocycles. The Bertz CT molecular complexity index is 588. The Kier molecular flexibility index (Phi) is 7.13. The lowest BCUT2D eigenvalue weighted by Crippen LogP contribution is -2.40. The SMILES string of the molecule is CCNC(=NCc1ccc(CC)s1)NCC(C)Cn1cccn1. The Morgan fingerprint density at radius 3 is 2.78 bits per heavy atom. The molecule has 0 amide bonds. The molecule has 1 atom stereocenters. The van der Waals surface area contributed by atoms with E-state index >= 15 is 0 Å². The van der Waals surface area contributed by atoms with Gasteiger partial charge in [0.05, 0.1) is 6.54 Å². The van der Waals surface area contributed by atoms with E-state index < -0.39 is 0 Å². The predicted molar refractivity (Wildman–Crippen MR) is 97.9 cm³/mol. The van der Waals surface area contributed by atoms with Gasteiger partial charge in [-0.05, 0) is 37.5 Å². The molecule has 0 spiro atoms. The van der Waals surface area contributed by atoms with Crippen LogP contribution in [0.25, 0.3) is 0 Å². The van der Waals surface area contributed by atoms with Gasteiger partial charge < -0.3 is 10.6 Å². The fourth-order valence-corrected chi connectivity index (χ4v) is 3.14. The maximum Gasteiger partial charge on any atom is 0.191 e. The Hall–Kier alpha value is -1.82. The molecule has 0 radical (unpaired) electrons. The summed E-state index contributed by atoms with van der Waals surface area (Å²) in [5.41, 5.74) is 0. The fraction of sp³-hybridized carbons (Fsp3) is 0.529. The van der Waals surface area contributed by atoms with Crippen molar-refractivity contribution < 1.29 is 0 Å². The van der Waals surface area contributed by atoms with E-state index in [1.165, 1.54) is 9.75 Å². The average Bonchev–Trinajstić information content (AvgIpc) is 3.21. The molecule has 2 heterocycles. The van der Waals surface area contributed by atoms with E-state index in [1.807, 2.05) is 34.5 Å². The van der Waals surface area contributed by atoms with Crippen molar-refractivity contribution in [1.29, 1.82) is 0 Å². The van der Waals surface area contributed by atoms with Gasteiger partial charge in [-0.25, -0.2) is 4.99 Å². The molecule has 6 heteroatoms. The zero-order valence-corrected chi connectivity index (χ0v) is 15.1. The third-order valence-corrected chi connectivity index (χ3v) is 4.69. The molecule has 126 valence electrons. The largest absolute Gasteiger partial charge is 0.357 e. The molecule has 1 unspecified atom stereocenters. The van der Waals surface area contributed by atoms with Crippen molar-refractivity contribution in [1.82, 2.24) is 20.4 Å². The first-order valence-electron chi connectivity index (χ1n) is 8.28. The molecule has 0 aliphatic heterocycles. The van der Waals surface area contributed by atoms with Crippen molar-refractivity contribution in [2.45, 2.75) is 40.3 Å². The number of nitrogens with zero attached hydrogens (tertiary/aromatic N) is 3. The van der Waals surface area contributed by atoms with E-state index in [-0.39, 0.29) is 0 Å². The highest BCUT2D eigenvalue weighted by molar-refractivity contribution is 7.11. The molecule has 0 aromatic carbocycles. The summed E-state index contributed by atoms with van der Waals surface area (Å²) in [6, 6.07) is 6.33. The van der Waals surface area contributed by atoms with Crippen molar-refractivity contribution in [2.75, 3.05) is 13.1 Å². The van der Waals surface area contributed by atoms with Crippen LogP contribution in [-0.4, -0.2) is 28.8 Å². The van der Waals surface area contributed by atoms with E-state index in [9.17, 15) is 0 Å². The second-order valence-corrected chi connectivity index (χ2v) is 6.88. The first-order chi connectivity index (χ1) is 11.2. The minimum absolute atomic E-state index is 0.479. The van der Waals surface area contributed by atoms with Crippen LogP contribution in [0.4, 0.5) is 0 Å². The first kappa shape index (κ1) is 17.5. The lowest BCUT2D eigenvalue weighted by molar-refractivity contribution is 0.443. The van der Waals surface area contributed by atoms with Gasteiger partial charge in [0.25, 0.3) is 0 Å². The number of nitrogens with one attached hydrogen (secondary N) is 2. The average molecular weight is 334 g/mol. The van der Waals surface area contributed by atoms with Crippen LogP contribution in [0.5, 0.6) is 0 Å². The van der Waals surface area contributed by atoms with Crippen molar-refractivity contribution in [3.8, 4) is 0 Å². The van der Waals surface area contributed by atoms with Crippen LogP contribution >= 0.6 is 11.3 Å². The van der Waals surface area contributed by atoms with Gasteiger partial charge in [0.15, 0.2) is 5.96 Å². The normalized spacial score (nSPS) is 13.1. The molecule has 2 rings (SSSR count).